The summed E-state index contributed by atoms with van der Waals surface area (Å²) in [5, 5.41) is 8.89. The lowest BCUT2D eigenvalue weighted by atomic mass is 10.1. The second kappa shape index (κ2) is 8.40. The van der Waals surface area contributed by atoms with Crippen LogP contribution in [0.15, 0.2) is 48.5 Å². The maximum absolute atomic E-state index is 12.2. The molecule has 0 fully saturated rings. The van der Waals surface area contributed by atoms with Crippen LogP contribution in [-0.2, 0) is 17.1 Å². The summed E-state index contributed by atoms with van der Waals surface area (Å²) in [5.74, 6) is 1.30. The Morgan fingerprint density at radius 1 is 1.22 bits per heavy atom. The Labute approximate surface area is 141 Å². The first-order valence-corrected chi connectivity index (χ1v) is 8.61. The molecule has 0 aliphatic carbocycles. The highest BCUT2D eigenvalue weighted by Gasteiger charge is 2.10. The van der Waals surface area contributed by atoms with Gasteiger partial charge in [0.1, 0.15) is 0 Å². The van der Waals surface area contributed by atoms with Gasteiger partial charge in [-0.05, 0) is 35.7 Å². The molecule has 2 rings (SSSR count). The van der Waals surface area contributed by atoms with Crippen LogP contribution in [0.5, 0.6) is 0 Å². The number of carbonyl (C=O) groups excluding carboxylic acids is 1. The van der Waals surface area contributed by atoms with Gasteiger partial charge < -0.3 is 4.90 Å². The predicted molar refractivity (Wildman–Crippen MR) is 95.0 cm³/mol. The molecule has 0 aromatic heterocycles. The van der Waals surface area contributed by atoms with Crippen molar-refractivity contribution in [1.29, 1.82) is 5.26 Å². The molecule has 0 saturated heterocycles. The first-order chi connectivity index (χ1) is 11.1. The molecular formula is C19H20N2OS. The highest BCUT2D eigenvalue weighted by Crippen LogP contribution is 2.15. The van der Waals surface area contributed by atoms with Crippen molar-refractivity contribution in [1.82, 2.24) is 4.90 Å². The van der Waals surface area contributed by atoms with E-state index in [0.29, 0.717) is 17.9 Å². The van der Waals surface area contributed by atoms with Gasteiger partial charge in [-0.3, -0.25) is 4.79 Å². The number of amides is 1. The molecule has 0 unspecified atom stereocenters. The average molecular weight is 324 g/mol. The van der Waals surface area contributed by atoms with E-state index in [2.05, 4.69) is 25.1 Å². The van der Waals surface area contributed by atoms with Crippen molar-refractivity contribution < 1.29 is 4.79 Å². The Kier molecular flexibility index (Phi) is 6.25. The molecule has 2 aromatic carbocycles. The van der Waals surface area contributed by atoms with Crippen LogP contribution in [0, 0.1) is 18.3 Å². The van der Waals surface area contributed by atoms with Crippen molar-refractivity contribution >= 4 is 17.7 Å². The van der Waals surface area contributed by atoms with Crippen molar-refractivity contribution in [2.45, 2.75) is 19.2 Å². The van der Waals surface area contributed by atoms with Gasteiger partial charge in [-0.1, -0.05) is 36.4 Å². The van der Waals surface area contributed by atoms with Crippen LogP contribution in [0.2, 0.25) is 0 Å². The number of thioether (sulfide) groups is 1. The molecule has 0 bridgehead atoms. The SMILES string of the molecule is Cc1ccccc1CN(C)C(=O)CSCc1cccc(C#N)c1. The summed E-state index contributed by atoms with van der Waals surface area (Å²) < 4.78 is 0. The van der Waals surface area contributed by atoms with Gasteiger partial charge in [-0.25, -0.2) is 0 Å². The number of benzene rings is 2. The third kappa shape index (κ3) is 5.15. The van der Waals surface area contributed by atoms with Crippen molar-refractivity contribution in [3.05, 3.63) is 70.8 Å². The van der Waals surface area contributed by atoms with Gasteiger partial charge in [0.05, 0.1) is 17.4 Å². The number of carbonyl (C=O) groups is 1. The van der Waals surface area contributed by atoms with Crippen LogP contribution in [0.1, 0.15) is 22.3 Å². The van der Waals surface area contributed by atoms with Crippen molar-refractivity contribution in [2.24, 2.45) is 0 Å². The van der Waals surface area contributed by atoms with E-state index in [1.165, 1.54) is 11.1 Å². The number of nitriles is 1. The normalized spacial score (nSPS) is 10.1. The molecule has 0 spiro atoms. The van der Waals surface area contributed by atoms with Gasteiger partial charge in [-0.2, -0.15) is 5.26 Å². The fraction of sp³-hybridized carbons (Fsp3) is 0.263. The Hall–Kier alpha value is -2.25. The molecule has 4 heteroatoms. The molecule has 0 aliphatic heterocycles. The van der Waals surface area contributed by atoms with Crippen LogP contribution in [-0.4, -0.2) is 23.6 Å². The summed E-state index contributed by atoms with van der Waals surface area (Å²) in [6, 6.07) is 17.8. The minimum atomic E-state index is 0.120. The number of rotatable bonds is 6. The van der Waals surface area contributed by atoms with Crippen LogP contribution in [0.25, 0.3) is 0 Å². The highest BCUT2D eigenvalue weighted by molar-refractivity contribution is 7.99. The lowest BCUT2D eigenvalue weighted by molar-refractivity contribution is -0.127. The van der Waals surface area contributed by atoms with Crippen molar-refractivity contribution in [3.63, 3.8) is 0 Å². The predicted octanol–water partition coefficient (Wildman–Crippen LogP) is 3.76. The molecule has 3 nitrogen and oxygen atoms in total. The van der Waals surface area contributed by atoms with Crippen molar-refractivity contribution in [3.8, 4) is 6.07 Å². The van der Waals surface area contributed by atoms with E-state index in [1.807, 2.05) is 37.4 Å². The van der Waals surface area contributed by atoms with Crippen molar-refractivity contribution in [2.75, 3.05) is 12.8 Å². The molecule has 118 valence electrons. The van der Waals surface area contributed by atoms with Gasteiger partial charge in [0.2, 0.25) is 5.91 Å². The topological polar surface area (TPSA) is 44.1 Å². The Morgan fingerprint density at radius 3 is 2.74 bits per heavy atom. The summed E-state index contributed by atoms with van der Waals surface area (Å²) in [6.07, 6.45) is 0. The number of aryl methyl sites for hydroxylation is 1. The molecule has 1 amide bonds. The van der Waals surface area contributed by atoms with E-state index in [0.717, 1.165) is 11.3 Å². The van der Waals surface area contributed by atoms with E-state index < -0.39 is 0 Å². The third-order valence-electron chi connectivity index (χ3n) is 3.64. The molecule has 0 saturated carbocycles. The van der Waals surface area contributed by atoms with Gasteiger partial charge in [0.25, 0.3) is 0 Å². The zero-order chi connectivity index (χ0) is 16.7. The van der Waals surface area contributed by atoms with E-state index in [4.69, 9.17) is 5.26 Å². The quantitative estimate of drug-likeness (QED) is 0.812. The maximum Gasteiger partial charge on any atom is 0.232 e. The molecule has 0 N–H and O–H groups in total. The monoisotopic (exact) mass is 324 g/mol. The molecule has 23 heavy (non-hydrogen) atoms. The van der Waals surface area contributed by atoms with Gasteiger partial charge in [0, 0.05) is 19.3 Å². The number of nitrogens with zero attached hydrogens (tertiary/aromatic N) is 2. The minimum Gasteiger partial charge on any atom is -0.341 e. The lowest BCUT2D eigenvalue weighted by Gasteiger charge is -2.18. The Bertz CT molecular complexity index is 721. The van der Waals surface area contributed by atoms with Crippen LogP contribution in [0.3, 0.4) is 0 Å². The Balaban J connectivity index is 1.82. The molecule has 0 aliphatic rings. The zero-order valence-corrected chi connectivity index (χ0v) is 14.3. The second-order valence-electron chi connectivity index (χ2n) is 5.48. The Morgan fingerprint density at radius 2 is 2.00 bits per heavy atom. The lowest BCUT2D eigenvalue weighted by Crippen LogP contribution is -2.28. The fourth-order valence-corrected chi connectivity index (χ4v) is 3.14. The number of hydrogen-bond donors (Lipinski definition) is 0. The van der Waals surface area contributed by atoms with Gasteiger partial charge >= 0.3 is 0 Å². The summed E-state index contributed by atoms with van der Waals surface area (Å²) in [7, 11) is 1.84. The largest absolute Gasteiger partial charge is 0.341 e. The summed E-state index contributed by atoms with van der Waals surface area (Å²) >= 11 is 1.58. The summed E-state index contributed by atoms with van der Waals surface area (Å²) in [6.45, 7) is 2.70. The highest BCUT2D eigenvalue weighted by atomic mass is 32.2. The van der Waals surface area contributed by atoms with Crippen LogP contribution in [0.4, 0.5) is 0 Å². The van der Waals surface area contributed by atoms with E-state index in [-0.39, 0.29) is 5.91 Å². The average Bonchev–Trinajstić information content (AvgIpc) is 2.57. The summed E-state index contributed by atoms with van der Waals surface area (Å²) in [4.78, 5) is 14.0. The molecule has 0 atom stereocenters. The van der Waals surface area contributed by atoms with Gasteiger partial charge in [-0.15, -0.1) is 11.8 Å². The van der Waals surface area contributed by atoms with Gasteiger partial charge in [0.15, 0.2) is 0 Å². The fourth-order valence-electron chi connectivity index (χ4n) is 2.23. The van der Waals surface area contributed by atoms with E-state index in [1.54, 1.807) is 22.7 Å². The summed E-state index contributed by atoms with van der Waals surface area (Å²) in [5.41, 5.74) is 4.11. The van der Waals surface area contributed by atoms with E-state index >= 15 is 0 Å². The van der Waals surface area contributed by atoms with Crippen LogP contribution < -0.4 is 0 Å². The maximum atomic E-state index is 12.2. The van der Waals surface area contributed by atoms with Crippen LogP contribution >= 0.6 is 11.8 Å². The number of hydrogen-bond acceptors (Lipinski definition) is 3. The molecule has 0 radical (unpaired) electrons. The van der Waals surface area contributed by atoms with E-state index in [9.17, 15) is 4.79 Å². The first kappa shape index (κ1) is 17.1. The minimum absolute atomic E-state index is 0.120. The second-order valence-corrected chi connectivity index (χ2v) is 6.47. The molecular weight excluding hydrogens is 304 g/mol. The third-order valence-corrected chi connectivity index (χ3v) is 4.63. The smallest absolute Gasteiger partial charge is 0.232 e. The zero-order valence-electron chi connectivity index (χ0n) is 13.5. The first-order valence-electron chi connectivity index (χ1n) is 7.45. The molecule has 2 aromatic rings. The molecule has 0 heterocycles. The standard InChI is InChI=1S/C19H20N2OS/c1-15-6-3-4-9-18(15)12-21(2)19(22)14-23-13-17-8-5-7-16(10-17)11-20/h3-10H,12-14H2,1-2H3.